The van der Waals surface area contributed by atoms with Gasteiger partial charge in [-0.3, -0.25) is 4.57 Å². The minimum absolute atomic E-state index is 0.00365. The van der Waals surface area contributed by atoms with E-state index < -0.39 is 6.85 Å². The van der Waals surface area contributed by atoms with Crippen LogP contribution in [0.4, 0.5) is 22.7 Å². The van der Waals surface area contributed by atoms with Crippen LogP contribution in [0.1, 0.15) is 101 Å². The van der Waals surface area contributed by atoms with Crippen molar-refractivity contribution in [3.63, 3.8) is 0 Å². The van der Waals surface area contributed by atoms with Crippen molar-refractivity contribution < 1.29 is 8.85 Å². The van der Waals surface area contributed by atoms with E-state index in [9.17, 15) is 0 Å². The van der Waals surface area contributed by atoms with Gasteiger partial charge < -0.3 is 14.5 Å². The summed E-state index contributed by atoms with van der Waals surface area (Å²) in [5.74, 6) is 2.96. The molecule has 3 heterocycles. The van der Waals surface area contributed by atoms with Gasteiger partial charge in [0.25, 0.3) is 0 Å². The highest BCUT2D eigenvalue weighted by Crippen LogP contribution is 2.46. The molecule has 5 aromatic carbocycles. The maximum absolute atomic E-state index is 8.19. The number of rotatable bonds is 9. The second-order valence-electron chi connectivity index (χ2n) is 19.1. The van der Waals surface area contributed by atoms with Crippen molar-refractivity contribution in [3.8, 4) is 17.3 Å². The lowest BCUT2D eigenvalue weighted by Gasteiger charge is -2.29. The summed E-state index contributed by atoms with van der Waals surface area (Å²) >= 11 is 0. The van der Waals surface area contributed by atoms with Crippen molar-refractivity contribution in [3.05, 3.63) is 143 Å². The lowest BCUT2D eigenvalue weighted by atomic mass is 9.80. The third-order valence-electron chi connectivity index (χ3n) is 11.4. The molecule has 0 aliphatic carbocycles. The fraction of sp³-hybridized carbons (Fsp3) is 0.340. The zero-order chi connectivity index (χ0) is 43.6. The van der Waals surface area contributed by atoms with Gasteiger partial charge in [-0.1, -0.05) is 93.5 Å². The van der Waals surface area contributed by atoms with Gasteiger partial charge in [0, 0.05) is 44.6 Å². The monoisotopic (exact) mass is 771 g/mol. The highest BCUT2D eigenvalue weighted by Gasteiger charge is 2.30. The predicted molar refractivity (Wildman–Crippen MR) is 246 cm³/mol. The Morgan fingerprint density at radius 2 is 1.24 bits per heavy atom. The summed E-state index contributed by atoms with van der Waals surface area (Å²) in [5.41, 5.74) is 12.0. The predicted octanol–water partition coefficient (Wildman–Crippen LogP) is 14.5. The average Bonchev–Trinajstić information content (AvgIpc) is 3.72. The number of nitrogens with zero attached hydrogens (tertiary/aromatic N) is 4. The molecule has 0 radical (unpaired) electrons. The van der Waals surface area contributed by atoms with Crippen LogP contribution in [-0.2, 0) is 23.7 Å². The summed E-state index contributed by atoms with van der Waals surface area (Å²) in [7, 11) is 0. The van der Waals surface area contributed by atoms with Crippen LogP contribution in [0.25, 0.3) is 27.6 Å². The number of hydrogen-bond donors (Lipinski definition) is 0. The molecule has 2 aromatic heterocycles. The Balaban J connectivity index is 1.20. The molecule has 58 heavy (non-hydrogen) atoms. The van der Waals surface area contributed by atoms with Crippen LogP contribution < -0.4 is 14.5 Å². The van der Waals surface area contributed by atoms with Gasteiger partial charge in [0.2, 0.25) is 0 Å². The summed E-state index contributed by atoms with van der Waals surface area (Å²) in [4.78, 5) is 9.55. The largest absolute Gasteiger partial charge is 0.457 e. The molecule has 1 aliphatic heterocycles. The summed E-state index contributed by atoms with van der Waals surface area (Å²) < 4.78 is 33.4. The molecular formula is C53H60N4O. The maximum atomic E-state index is 8.19. The van der Waals surface area contributed by atoms with Crippen LogP contribution in [0.2, 0.25) is 0 Å². The highest BCUT2D eigenvalue weighted by molar-refractivity contribution is 6.10. The number of pyridine rings is 1. The van der Waals surface area contributed by atoms with E-state index in [2.05, 4.69) is 169 Å². The van der Waals surface area contributed by atoms with Crippen LogP contribution in [0.3, 0.4) is 0 Å². The number of fused-ring (bicyclic) bond motifs is 4. The number of benzene rings is 5. The van der Waals surface area contributed by atoms with Crippen LogP contribution in [0, 0.1) is 18.7 Å². The zero-order valence-electron chi connectivity index (χ0n) is 38.9. The van der Waals surface area contributed by atoms with E-state index in [1.807, 2.05) is 12.1 Å². The Morgan fingerprint density at radius 3 is 1.88 bits per heavy atom. The first-order valence-electron chi connectivity index (χ1n) is 22.4. The SMILES string of the molecule is [2H]C([2H])([2H])c1ccnc(-n2c3cc(Oc4cccc(N5CN(c6cc(C(C)(C)C)cc(C(C)(C)C)c6)c6ccccc65)c4)ccc3c3cc(CC(C)C)c(CC(C)C)cc32)c1. The van der Waals surface area contributed by atoms with Crippen LogP contribution in [-0.4, -0.2) is 16.2 Å². The standard InChI is InChI=1S/C53H60N4O/c1-34(2)23-37-26-46-45-20-19-44(32-50(45)57(51-25-36(5)21-22-54-51)49(46)27-38(37)24-35(3)4)58-43-16-14-15-41(31-43)55-33-56(48-18-13-12-17-47(48)55)42-29-39(52(6,7)8)28-40(30-42)53(9,10)11/h12-22,25-32,34-35H,23-24,33H2,1-11H3/i5D3. The van der Waals surface area contributed by atoms with Crippen LogP contribution in [0.5, 0.6) is 11.5 Å². The van der Waals surface area contributed by atoms with Crippen LogP contribution in [0.15, 0.2) is 115 Å². The normalized spacial score (nSPS) is 14.4. The molecule has 298 valence electrons. The minimum atomic E-state index is -2.26. The van der Waals surface area contributed by atoms with E-state index in [0.717, 1.165) is 51.8 Å². The Kier molecular flexibility index (Phi) is 9.20. The number of hydrogen-bond acceptors (Lipinski definition) is 4. The zero-order valence-corrected chi connectivity index (χ0v) is 35.9. The average molecular weight is 772 g/mol. The molecule has 1 aliphatic rings. The number of aryl methyl sites for hydroxylation is 1. The third-order valence-corrected chi connectivity index (χ3v) is 11.4. The molecule has 5 heteroatoms. The van der Waals surface area contributed by atoms with Gasteiger partial charge in [0.1, 0.15) is 24.0 Å². The Labute approximate surface area is 350 Å². The molecule has 0 amide bonds. The number of anilines is 4. The lowest BCUT2D eigenvalue weighted by molar-refractivity contribution is 0.483. The van der Waals surface area contributed by atoms with Crippen molar-refractivity contribution in [1.82, 2.24) is 9.55 Å². The second kappa shape index (κ2) is 15.0. The molecule has 0 saturated carbocycles. The lowest BCUT2D eigenvalue weighted by Crippen LogP contribution is -2.25. The van der Waals surface area contributed by atoms with Gasteiger partial charge in [-0.25, -0.2) is 4.98 Å². The Morgan fingerprint density at radius 1 is 0.621 bits per heavy atom. The first kappa shape index (κ1) is 35.6. The third kappa shape index (κ3) is 7.72. The second-order valence-corrected chi connectivity index (χ2v) is 19.1. The molecule has 7 aromatic rings. The smallest absolute Gasteiger partial charge is 0.137 e. The summed E-state index contributed by atoms with van der Waals surface area (Å²) in [6, 6.07) is 38.2. The molecule has 0 N–H and O–H groups in total. The van der Waals surface area contributed by atoms with E-state index in [0.29, 0.717) is 30.1 Å². The number of aromatic nitrogens is 2. The number of para-hydroxylation sites is 2. The minimum Gasteiger partial charge on any atom is -0.457 e. The van der Waals surface area contributed by atoms with Gasteiger partial charge in [-0.15, -0.1) is 0 Å². The topological polar surface area (TPSA) is 33.5 Å². The summed E-state index contributed by atoms with van der Waals surface area (Å²) in [5, 5.41) is 2.19. The first-order valence-corrected chi connectivity index (χ1v) is 20.9. The van der Waals surface area contributed by atoms with Gasteiger partial charge >= 0.3 is 0 Å². The van der Waals surface area contributed by atoms with Crippen LogP contribution >= 0.6 is 0 Å². The van der Waals surface area contributed by atoms with Crippen molar-refractivity contribution in [1.29, 1.82) is 0 Å². The molecule has 5 nitrogen and oxygen atoms in total. The van der Waals surface area contributed by atoms with Gasteiger partial charge in [-0.2, -0.15) is 0 Å². The van der Waals surface area contributed by atoms with Gasteiger partial charge in [0.05, 0.1) is 22.4 Å². The van der Waals surface area contributed by atoms with E-state index in [1.165, 1.54) is 33.6 Å². The molecule has 0 bridgehead atoms. The van der Waals surface area contributed by atoms with E-state index in [1.54, 1.807) is 18.3 Å². The highest BCUT2D eigenvalue weighted by atomic mass is 16.5. The molecule has 8 rings (SSSR count). The van der Waals surface area contributed by atoms with Crippen molar-refractivity contribution in [2.75, 3.05) is 16.5 Å². The quantitative estimate of drug-likeness (QED) is 0.146. The number of ether oxygens (including phenoxy) is 1. The van der Waals surface area contributed by atoms with E-state index in [-0.39, 0.29) is 16.4 Å². The molecular weight excluding hydrogens is 709 g/mol. The molecule has 0 unspecified atom stereocenters. The first-order chi connectivity index (χ1) is 28.7. The Hall–Kier alpha value is -5.55. The van der Waals surface area contributed by atoms with Gasteiger partial charge in [0.15, 0.2) is 0 Å². The molecule has 0 saturated heterocycles. The molecule has 0 atom stereocenters. The fourth-order valence-corrected chi connectivity index (χ4v) is 8.38. The summed E-state index contributed by atoms with van der Waals surface area (Å²) in [6.07, 6.45) is 3.54. The maximum Gasteiger partial charge on any atom is 0.137 e. The van der Waals surface area contributed by atoms with E-state index in [4.69, 9.17) is 13.8 Å². The fourth-order valence-electron chi connectivity index (χ4n) is 8.38. The van der Waals surface area contributed by atoms with Crippen molar-refractivity contribution >= 4 is 44.6 Å². The van der Waals surface area contributed by atoms with E-state index >= 15 is 0 Å². The van der Waals surface area contributed by atoms with Crippen molar-refractivity contribution in [2.45, 2.75) is 99.8 Å². The van der Waals surface area contributed by atoms with Crippen molar-refractivity contribution in [2.24, 2.45) is 11.8 Å². The summed E-state index contributed by atoms with van der Waals surface area (Å²) in [6.45, 7) is 21.2. The Bertz CT molecular complexity index is 2720. The van der Waals surface area contributed by atoms with Gasteiger partial charge in [-0.05, 0) is 143 Å². The molecule has 0 fully saturated rings. The molecule has 0 spiro atoms.